The summed E-state index contributed by atoms with van der Waals surface area (Å²) >= 11 is 7.35. The average molecular weight is 644 g/mol. The summed E-state index contributed by atoms with van der Waals surface area (Å²) in [7, 11) is -3.95. The highest BCUT2D eigenvalue weighted by atomic mass is 35.5. The van der Waals surface area contributed by atoms with E-state index in [2.05, 4.69) is 11.8 Å². The van der Waals surface area contributed by atoms with Crippen LogP contribution in [0, 0.1) is 5.92 Å². The van der Waals surface area contributed by atoms with Gasteiger partial charge in [0.1, 0.15) is 4.88 Å². The number of carbonyl (C=O) groups excluding carboxylic acids is 1. The van der Waals surface area contributed by atoms with Crippen molar-refractivity contribution in [3.05, 3.63) is 58.3 Å². The lowest BCUT2D eigenvalue weighted by molar-refractivity contribution is -0.121. The predicted octanol–water partition coefficient (Wildman–Crippen LogP) is 6.37. The number of sulfonamides is 1. The number of halogens is 1. The third kappa shape index (κ3) is 6.03. The topological polar surface area (TPSA) is 98.2 Å². The Kier molecular flexibility index (Phi) is 8.75. The van der Waals surface area contributed by atoms with Crippen LogP contribution in [0.3, 0.4) is 0 Å². The minimum atomic E-state index is -3.95. The number of carbonyl (C=O) groups is 2. The van der Waals surface area contributed by atoms with Crippen molar-refractivity contribution in [1.82, 2.24) is 4.31 Å². The number of thiophene rings is 1. The molecular formula is C32H38ClN3O5S2. The molecule has 1 N–H and O–H groups in total. The SMILES string of the molecule is C[C@@H]1CCCN1c1ccc(S(=O)(=O)N2CC(=O)N(c3cc(C4=CCC(Cl)C=C4)sc3C(=O)O)[C@H](C3CCCCC3)C2)cc1. The van der Waals surface area contributed by atoms with Gasteiger partial charge in [-0.25, -0.2) is 13.2 Å². The van der Waals surface area contributed by atoms with Crippen molar-refractivity contribution in [1.29, 1.82) is 0 Å². The van der Waals surface area contributed by atoms with Crippen LogP contribution in [0.4, 0.5) is 11.4 Å². The van der Waals surface area contributed by atoms with Crippen molar-refractivity contribution in [2.24, 2.45) is 5.92 Å². The number of carboxylic acids is 1. The van der Waals surface area contributed by atoms with Gasteiger partial charge in [-0.3, -0.25) is 4.79 Å². The highest BCUT2D eigenvalue weighted by molar-refractivity contribution is 7.89. The maximum absolute atomic E-state index is 14.0. The number of aromatic carboxylic acids is 1. The van der Waals surface area contributed by atoms with Gasteiger partial charge in [-0.1, -0.05) is 37.5 Å². The van der Waals surface area contributed by atoms with Gasteiger partial charge in [0.15, 0.2) is 0 Å². The lowest BCUT2D eigenvalue weighted by Crippen LogP contribution is -2.60. The van der Waals surface area contributed by atoms with Crippen LogP contribution in [-0.4, -0.2) is 66.8 Å². The van der Waals surface area contributed by atoms with E-state index in [4.69, 9.17) is 11.6 Å². The van der Waals surface area contributed by atoms with Gasteiger partial charge in [0.25, 0.3) is 0 Å². The van der Waals surface area contributed by atoms with E-state index in [0.29, 0.717) is 18.2 Å². The number of alkyl halides is 1. The fraction of sp³-hybridized carbons (Fsp3) is 0.500. The van der Waals surface area contributed by atoms with Gasteiger partial charge in [-0.15, -0.1) is 22.9 Å². The molecule has 2 saturated heterocycles. The molecule has 0 radical (unpaired) electrons. The van der Waals surface area contributed by atoms with E-state index in [0.717, 1.165) is 79.0 Å². The third-order valence-electron chi connectivity index (χ3n) is 9.35. The molecule has 8 nitrogen and oxygen atoms in total. The fourth-order valence-corrected chi connectivity index (χ4v) is 9.63. The van der Waals surface area contributed by atoms with Crippen LogP contribution in [0.2, 0.25) is 0 Å². The molecule has 2 aliphatic heterocycles. The van der Waals surface area contributed by atoms with Crippen LogP contribution in [0.15, 0.2) is 53.5 Å². The zero-order valence-electron chi connectivity index (χ0n) is 24.3. The molecule has 1 amide bonds. The molecule has 3 heterocycles. The largest absolute Gasteiger partial charge is 0.477 e. The smallest absolute Gasteiger partial charge is 0.348 e. The normalized spacial score (nSPS) is 25.8. The Morgan fingerprint density at radius 3 is 2.44 bits per heavy atom. The maximum Gasteiger partial charge on any atom is 0.348 e. The first-order valence-corrected chi connectivity index (χ1v) is 17.9. The van der Waals surface area contributed by atoms with E-state index in [1.165, 1.54) is 4.31 Å². The Labute approximate surface area is 262 Å². The second kappa shape index (κ2) is 12.4. The van der Waals surface area contributed by atoms with E-state index in [1.807, 2.05) is 30.4 Å². The molecule has 1 aromatic carbocycles. The Morgan fingerprint density at radius 1 is 1.07 bits per heavy atom. The van der Waals surface area contributed by atoms with Crippen molar-refractivity contribution in [3.8, 4) is 0 Å². The Hall–Kier alpha value is -2.66. The lowest BCUT2D eigenvalue weighted by Gasteiger charge is -2.45. The maximum atomic E-state index is 14.0. The minimum absolute atomic E-state index is 0.0746. The Bertz CT molecular complexity index is 1540. The van der Waals surface area contributed by atoms with Crippen LogP contribution >= 0.6 is 22.9 Å². The minimum Gasteiger partial charge on any atom is -0.477 e. The van der Waals surface area contributed by atoms with E-state index >= 15 is 0 Å². The zero-order valence-corrected chi connectivity index (χ0v) is 26.7. The number of nitrogens with zero attached hydrogens (tertiary/aromatic N) is 3. The van der Waals surface area contributed by atoms with Crippen LogP contribution in [0.25, 0.3) is 5.57 Å². The van der Waals surface area contributed by atoms with Crippen LogP contribution in [0.5, 0.6) is 0 Å². The van der Waals surface area contributed by atoms with Gasteiger partial charge < -0.3 is 14.9 Å². The molecule has 0 bridgehead atoms. The number of anilines is 2. The van der Waals surface area contributed by atoms with E-state index < -0.39 is 27.9 Å². The van der Waals surface area contributed by atoms with Crippen LogP contribution in [0.1, 0.15) is 72.8 Å². The fourth-order valence-electron chi connectivity index (χ4n) is 7.05. The second-order valence-corrected chi connectivity index (χ2v) is 15.7. The summed E-state index contributed by atoms with van der Waals surface area (Å²) in [4.78, 5) is 31.4. The van der Waals surface area contributed by atoms with Gasteiger partial charge in [0.05, 0.1) is 28.5 Å². The highest BCUT2D eigenvalue weighted by Gasteiger charge is 2.44. The molecule has 2 aliphatic carbocycles. The van der Waals surface area contributed by atoms with Gasteiger partial charge in [-0.2, -0.15) is 4.31 Å². The summed E-state index contributed by atoms with van der Waals surface area (Å²) in [5.74, 6) is -1.42. The van der Waals surface area contributed by atoms with Gasteiger partial charge in [0, 0.05) is 29.7 Å². The first kappa shape index (κ1) is 30.4. The monoisotopic (exact) mass is 643 g/mol. The standard InChI is InChI=1S/C32H38ClN3O5S2/c1-21-6-5-17-35(21)25-13-15-26(16-14-25)43(40,41)34-19-28(22-7-3-2-4-8-22)36(30(37)20-34)27-18-29(42-31(27)32(38)39)23-9-11-24(33)12-10-23/h9-11,13-16,18,21-22,24,28H,2-8,12,17,19-20H2,1H3,(H,38,39)/t21-,24?,28+/m1/s1. The number of rotatable bonds is 7. The first-order valence-electron chi connectivity index (χ1n) is 15.2. The van der Waals surface area contributed by atoms with Crippen molar-refractivity contribution >= 4 is 61.8 Å². The van der Waals surface area contributed by atoms with Crippen molar-refractivity contribution < 1.29 is 23.1 Å². The molecule has 6 rings (SSSR count). The van der Waals surface area contributed by atoms with Gasteiger partial charge in [-0.05, 0) is 80.9 Å². The lowest BCUT2D eigenvalue weighted by atomic mass is 9.82. The van der Waals surface area contributed by atoms with E-state index in [1.54, 1.807) is 23.1 Å². The quantitative estimate of drug-likeness (QED) is 0.352. The number of carboxylic acid groups (broad SMARTS) is 1. The summed E-state index contributed by atoms with van der Waals surface area (Å²) in [6.45, 7) is 2.93. The first-order chi connectivity index (χ1) is 20.6. The molecule has 43 heavy (non-hydrogen) atoms. The molecule has 3 atom stereocenters. The molecule has 0 spiro atoms. The molecule has 4 aliphatic rings. The summed E-state index contributed by atoms with van der Waals surface area (Å²) in [5, 5.41) is 10.1. The molecular weight excluding hydrogens is 606 g/mol. The molecule has 11 heteroatoms. The summed E-state index contributed by atoms with van der Waals surface area (Å²) in [6.07, 6.45) is 13.5. The molecule has 3 fully saturated rings. The second-order valence-electron chi connectivity index (χ2n) is 12.1. The average Bonchev–Trinajstić information content (AvgIpc) is 3.64. The van der Waals surface area contributed by atoms with Crippen LogP contribution < -0.4 is 9.80 Å². The Morgan fingerprint density at radius 2 is 1.81 bits per heavy atom. The number of hydrogen-bond acceptors (Lipinski definition) is 6. The molecule has 1 saturated carbocycles. The Balaban J connectivity index is 1.32. The molecule has 2 aromatic rings. The number of hydrogen-bond donors (Lipinski definition) is 1. The number of piperazine rings is 1. The highest BCUT2D eigenvalue weighted by Crippen LogP contribution is 2.42. The summed E-state index contributed by atoms with van der Waals surface area (Å²) in [6, 6.07) is 8.76. The van der Waals surface area contributed by atoms with Crippen molar-refractivity contribution in [2.75, 3.05) is 29.4 Å². The molecule has 1 unspecified atom stereocenters. The van der Waals surface area contributed by atoms with Gasteiger partial charge in [0.2, 0.25) is 15.9 Å². The number of benzene rings is 1. The van der Waals surface area contributed by atoms with Crippen molar-refractivity contribution in [2.45, 2.75) is 80.6 Å². The third-order valence-corrected chi connectivity index (χ3v) is 12.7. The summed E-state index contributed by atoms with van der Waals surface area (Å²) in [5.41, 5.74) is 2.24. The van der Waals surface area contributed by atoms with Gasteiger partial charge >= 0.3 is 5.97 Å². The summed E-state index contributed by atoms with van der Waals surface area (Å²) < 4.78 is 29.2. The number of amides is 1. The predicted molar refractivity (Wildman–Crippen MR) is 172 cm³/mol. The van der Waals surface area contributed by atoms with Crippen molar-refractivity contribution in [3.63, 3.8) is 0 Å². The molecule has 1 aromatic heterocycles. The molecule has 230 valence electrons. The number of allylic oxidation sites excluding steroid dienone is 4. The van der Waals surface area contributed by atoms with Crippen LogP contribution in [-0.2, 0) is 14.8 Å². The van der Waals surface area contributed by atoms with E-state index in [-0.39, 0.29) is 34.2 Å². The zero-order chi connectivity index (χ0) is 30.3. The van der Waals surface area contributed by atoms with E-state index in [9.17, 15) is 23.1 Å².